The molecule has 0 saturated carbocycles. The SMILES string of the molecule is O=C(N1CCCCC1)N1CCSc2ccc(O)cc2C1. The van der Waals surface area contributed by atoms with Gasteiger partial charge in [-0.2, -0.15) is 0 Å². The van der Waals surface area contributed by atoms with Gasteiger partial charge in [0.15, 0.2) is 0 Å². The summed E-state index contributed by atoms with van der Waals surface area (Å²) in [6.45, 7) is 3.15. The van der Waals surface area contributed by atoms with Crippen molar-refractivity contribution in [2.45, 2.75) is 30.7 Å². The molecule has 1 aromatic rings. The molecule has 3 rings (SSSR count). The Balaban J connectivity index is 1.75. The number of phenols is 1. The molecular formula is C15H20N2O2S. The number of carbonyl (C=O) groups is 1. The highest BCUT2D eigenvalue weighted by Gasteiger charge is 2.25. The van der Waals surface area contributed by atoms with Crippen LogP contribution in [0.1, 0.15) is 24.8 Å². The summed E-state index contributed by atoms with van der Waals surface area (Å²) in [6.07, 6.45) is 3.47. The molecule has 1 aromatic carbocycles. The first-order valence-electron chi connectivity index (χ1n) is 7.22. The number of carbonyl (C=O) groups excluding carboxylic acids is 1. The first kappa shape index (κ1) is 13.6. The molecule has 0 aliphatic carbocycles. The summed E-state index contributed by atoms with van der Waals surface area (Å²) in [7, 11) is 0. The lowest BCUT2D eigenvalue weighted by Gasteiger charge is -2.32. The van der Waals surface area contributed by atoms with E-state index in [4.69, 9.17) is 0 Å². The highest BCUT2D eigenvalue weighted by Crippen LogP contribution is 2.30. The zero-order chi connectivity index (χ0) is 13.9. The van der Waals surface area contributed by atoms with Crippen LogP contribution in [0.5, 0.6) is 5.75 Å². The molecule has 2 amide bonds. The number of piperidine rings is 1. The van der Waals surface area contributed by atoms with Crippen molar-refractivity contribution in [2.24, 2.45) is 0 Å². The van der Waals surface area contributed by atoms with Crippen LogP contribution in [0, 0.1) is 0 Å². The van der Waals surface area contributed by atoms with Gasteiger partial charge >= 0.3 is 6.03 Å². The Bertz CT molecular complexity index is 501. The minimum atomic E-state index is 0.154. The monoisotopic (exact) mass is 292 g/mol. The first-order valence-corrected chi connectivity index (χ1v) is 8.21. The van der Waals surface area contributed by atoms with Crippen LogP contribution in [0.25, 0.3) is 0 Å². The number of phenolic OH excluding ortho intramolecular Hbond substituents is 1. The van der Waals surface area contributed by atoms with Gasteiger partial charge in [-0.3, -0.25) is 0 Å². The fraction of sp³-hybridized carbons (Fsp3) is 0.533. The first-order chi connectivity index (χ1) is 9.74. The second-order valence-electron chi connectivity index (χ2n) is 5.39. The van der Waals surface area contributed by atoms with Crippen molar-refractivity contribution in [2.75, 3.05) is 25.4 Å². The number of hydrogen-bond acceptors (Lipinski definition) is 3. The van der Waals surface area contributed by atoms with E-state index in [-0.39, 0.29) is 11.8 Å². The Morgan fingerprint density at radius 1 is 1.10 bits per heavy atom. The Hall–Kier alpha value is -1.36. The fourth-order valence-corrected chi connectivity index (χ4v) is 3.83. The number of urea groups is 1. The zero-order valence-electron chi connectivity index (χ0n) is 11.5. The van der Waals surface area contributed by atoms with Gasteiger partial charge in [0.1, 0.15) is 5.75 Å². The predicted molar refractivity (Wildman–Crippen MR) is 80.1 cm³/mol. The van der Waals surface area contributed by atoms with E-state index in [9.17, 15) is 9.90 Å². The van der Waals surface area contributed by atoms with Gasteiger partial charge in [0.05, 0.1) is 0 Å². The van der Waals surface area contributed by atoms with Crippen molar-refractivity contribution in [3.8, 4) is 5.75 Å². The fourth-order valence-electron chi connectivity index (χ4n) is 2.83. The molecule has 2 heterocycles. The van der Waals surface area contributed by atoms with Gasteiger partial charge in [0.25, 0.3) is 0 Å². The van der Waals surface area contributed by atoms with Crippen LogP contribution in [-0.2, 0) is 6.54 Å². The molecule has 1 saturated heterocycles. The van der Waals surface area contributed by atoms with Crippen molar-refractivity contribution >= 4 is 17.8 Å². The van der Waals surface area contributed by atoms with Crippen molar-refractivity contribution < 1.29 is 9.90 Å². The lowest BCUT2D eigenvalue weighted by Crippen LogP contribution is -2.45. The predicted octanol–water partition coefficient (Wildman–Crippen LogP) is 2.91. The molecule has 0 spiro atoms. The molecule has 5 heteroatoms. The van der Waals surface area contributed by atoms with Crippen LogP contribution >= 0.6 is 11.8 Å². The average Bonchev–Trinajstić information content (AvgIpc) is 2.69. The van der Waals surface area contributed by atoms with E-state index in [0.717, 1.165) is 43.8 Å². The maximum absolute atomic E-state index is 12.6. The number of fused-ring (bicyclic) bond motifs is 1. The summed E-state index contributed by atoms with van der Waals surface area (Å²) in [6, 6.07) is 5.60. The van der Waals surface area contributed by atoms with Crippen LogP contribution in [0.2, 0.25) is 0 Å². The van der Waals surface area contributed by atoms with E-state index >= 15 is 0 Å². The van der Waals surface area contributed by atoms with E-state index in [0.29, 0.717) is 6.54 Å². The molecule has 2 aliphatic rings. The molecule has 20 heavy (non-hydrogen) atoms. The van der Waals surface area contributed by atoms with Gasteiger partial charge in [-0.05, 0) is 43.0 Å². The molecule has 108 valence electrons. The third kappa shape index (κ3) is 2.87. The van der Waals surface area contributed by atoms with E-state index in [1.54, 1.807) is 23.9 Å². The van der Waals surface area contributed by atoms with E-state index < -0.39 is 0 Å². The molecule has 2 aliphatic heterocycles. The van der Waals surface area contributed by atoms with Gasteiger partial charge in [0, 0.05) is 36.8 Å². The minimum absolute atomic E-state index is 0.154. The van der Waals surface area contributed by atoms with E-state index in [1.165, 1.54) is 11.3 Å². The summed E-state index contributed by atoms with van der Waals surface area (Å²) < 4.78 is 0. The van der Waals surface area contributed by atoms with E-state index in [1.807, 2.05) is 15.9 Å². The topological polar surface area (TPSA) is 43.8 Å². The van der Waals surface area contributed by atoms with Crippen LogP contribution in [0.15, 0.2) is 23.1 Å². The third-order valence-corrected chi connectivity index (χ3v) is 5.02. The average molecular weight is 292 g/mol. The molecule has 1 N–H and O–H groups in total. The van der Waals surface area contributed by atoms with Crippen molar-refractivity contribution in [1.29, 1.82) is 0 Å². The largest absolute Gasteiger partial charge is 0.508 e. The summed E-state index contributed by atoms with van der Waals surface area (Å²) in [4.78, 5) is 17.7. The Kier molecular flexibility index (Phi) is 4.05. The molecule has 0 unspecified atom stereocenters. The second-order valence-corrected chi connectivity index (χ2v) is 6.53. The van der Waals surface area contributed by atoms with Crippen molar-refractivity contribution in [1.82, 2.24) is 9.80 Å². The summed E-state index contributed by atoms with van der Waals surface area (Å²) in [5, 5.41) is 9.63. The zero-order valence-corrected chi connectivity index (χ0v) is 12.4. The molecule has 0 aromatic heterocycles. The normalized spacial score (nSPS) is 19.4. The molecule has 0 bridgehead atoms. The van der Waals surface area contributed by atoms with Crippen molar-refractivity contribution in [3.05, 3.63) is 23.8 Å². The van der Waals surface area contributed by atoms with Gasteiger partial charge in [-0.15, -0.1) is 11.8 Å². The molecule has 4 nitrogen and oxygen atoms in total. The number of rotatable bonds is 0. The number of amides is 2. The summed E-state index contributed by atoms with van der Waals surface area (Å²) >= 11 is 1.76. The number of thioether (sulfide) groups is 1. The third-order valence-electron chi connectivity index (χ3n) is 3.92. The second kappa shape index (κ2) is 5.95. The lowest BCUT2D eigenvalue weighted by atomic mass is 10.1. The molecule has 0 atom stereocenters. The number of benzene rings is 1. The lowest BCUT2D eigenvalue weighted by molar-refractivity contribution is 0.143. The summed E-state index contributed by atoms with van der Waals surface area (Å²) in [5.41, 5.74) is 1.05. The highest BCUT2D eigenvalue weighted by molar-refractivity contribution is 7.99. The number of nitrogens with zero attached hydrogens (tertiary/aromatic N) is 2. The number of likely N-dealkylation sites (tertiary alicyclic amines) is 1. The Morgan fingerprint density at radius 3 is 2.70 bits per heavy atom. The maximum atomic E-state index is 12.6. The Morgan fingerprint density at radius 2 is 1.90 bits per heavy atom. The minimum Gasteiger partial charge on any atom is -0.508 e. The van der Waals surface area contributed by atoms with Gasteiger partial charge in [0.2, 0.25) is 0 Å². The quantitative estimate of drug-likeness (QED) is 0.799. The van der Waals surface area contributed by atoms with Crippen LogP contribution in [0.3, 0.4) is 0 Å². The van der Waals surface area contributed by atoms with Crippen LogP contribution < -0.4 is 0 Å². The van der Waals surface area contributed by atoms with Gasteiger partial charge in [-0.1, -0.05) is 0 Å². The van der Waals surface area contributed by atoms with E-state index in [2.05, 4.69) is 0 Å². The van der Waals surface area contributed by atoms with Gasteiger partial charge < -0.3 is 14.9 Å². The maximum Gasteiger partial charge on any atom is 0.320 e. The molecule has 1 fully saturated rings. The number of aromatic hydroxyl groups is 1. The van der Waals surface area contributed by atoms with Crippen LogP contribution in [-0.4, -0.2) is 46.3 Å². The summed E-state index contributed by atoms with van der Waals surface area (Å²) in [5.74, 6) is 1.19. The van der Waals surface area contributed by atoms with Gasteiger partial charge in [-0.25, -0.2) is 4.79 Å². The molecule has 0 radical (unpaired) electrons. The number of hydrogen-bond donors (Lipinski definition) is 1. The smallest absolute Gasteiger partial charge is 0.320 e. The highest BCUT2D eigenvalue weighted by atomic mass is 32.2. The van der Waals surface area contributed by atoms with Crippen LogP contribution in [0.4, 0.5) is 4.79 Å². The van der Waals surface area contributed by atoms with Crippen molar-refractivity contribution in [3.63, 3.8) is 0 Å². The molecular weight excluding hydrogens is 272 g/mol. The Labute approximate surface area is 123 Å². The standard InChI is InChI=1S/C15H20N2O2S/c18-13-4-5-14-12(10-13)11-17(8-9-20-14)15(19)16-6-2-1-3-7-16/h4-5,10,18H,1-3,6-9,11H2.